The molecule has 0 fully saturated rings. The Balaban J connectivity index is 1.95. The minimum atomic E-state index is -4.39. The summed E-state index contributed by atoms with van der Waals surface area (Å²) in [6.07, 6.45) is -2.29. The van der Waals surface area contributed by atoms with Crippen LogP contribution >= 0.6 is 0 Å². The van der Waals surface area contributed by atoms with Gasteiger partial charge in [-0.25, -0.2) is 4.98 Å². The van der Waals surface area contributed by atoms with E-state index >= 15 is 0 Å². The molecule has 0 aliphatic rings. The highest BCUT2D eigenvalue weighted by molar-refractivity contribution is 5.45. The van der Waals surface area contributed by atoms with E-state index in [1.54, 1.807) is 0 Å². The molecule has 0 saturated heterocycles. The van der Waals surface area contributed by atoms with E-state index < -0.39 is 11.7 Å². The average Bonchev–Trinajstić information content (AvgIpc) is 2.47. The van der Waals surface area contributed by atoms with Crippen LogP contribution in [-0.2, 0) is 6.18 Å². The molecule has 112 valence electrons. The van der Waals surface area contributed by atoms with E-state index in [2.05, 4.69) is 17.2 Å². The lowest BCUT2D eigenvalue weighted by molar-refractivity contribution is -0.137. The number of alkyl halides is 3. The Morgan fingerprint density at radius 1 is 1.10 bits per heavy atom. The third-order valence-corrected chi connectivity index (χ3v) is 3.35. The largest absolute Gasteiger partial charge is 0.419 e. The summed E-state index contributed by atoms with van der Waals surface area (Å²) < 4.78 is 38.5. The molecule has 0 saturated carbocycles. The maximum atomic E-state index is 12.8. The molecule has 2 rings (SSSR count). The maximum Gasteiger partial charge on any atom is 0.419 e. The summed E-state index contributed by atoms with van der Waals surface area (Å²) in [6.45, 7) is 2.50. The molecule has 1 atom stereocenters. The third-order valence-electron chi connectivity index (χ3n) is 3.35. The quantitative estimate of drug-likeness (QED) is 0.864. The van der Waals surface area contributed by atoms with E-state index in [0.29, 0.717) is 6.54 Å². The van der Waals surface area contributed by atoms with E-state index in [-0.39, 0.29) is 11.7 Å². The van der Waals surface area contributed by atoms with Crippen LogP contribution in [0.2, 0.25) is 0 Å². The zero-order valence-corrected chi connectivity index (χ0v) is 11.7. The Hall–Kier alpha value is -2.04. The zero-order valence-electron chi connectivity index (χ0n) is 11.7. The van der Waals surface area contributed by atoms with Crippen LogP contribution in [0.3, 0.4) is 0 Å². The molecule has 1 heterocycles. The van der Waals surface area contributed by atoms with Gasteiger partial charge in [0.25, 0.3) is 0 Å². The molecular weight excluding hydrogens is 277 g/mol. The molecule has 0 radical (unpaired) electrons. The van der Waals surface area contributed by atoms with Crippen LogP contribution in [0.25, 0.3) is 0 Å². The summed E-state index contributed by atoms with van der Waals surface area (Å²) in [5.74, 6) is 0.169. The number of hydrogen-bond donors (Lipinski definition) is 1. The molecule has 0 amide bonds. The summed E-state index contributed by atoms with van der Waals surface area (Å²) in [7, 11) is 0. The lowest BCUT2D eigenvalue weighted by Gasteiger charge is -2.15. The number of aromatic nitrogens is 1. The van der Waals surface area contributed by atoms with Gasteiger partial charge in [0.1, 0.15) is 5.82 Å². The molecule has 21 heavy (non-hydrogen) atoms. The Morgan fingerprint density at radius 3 is 2.48 bits per heavy atom. The standard InChI is InChI=1S/C16H17F3N2/c1-12(13-6-3-2-4-7-13)9-11-21-15-14(16(17,18)19)8-5-10-20-15/h2-8,10,12H,9,11H2,1H3,(H,20,21). The number of anilines is 1. The second kappa shape index (κ2) is 6.61. The molecule has 2 aromatic rings. The Morgan fingerprint density at radius 2 is 1.81 bits per heavy atom. The number of nitrogens with zero attached hydrogens (tertiary/aromatic N) is 1. The molecule has 5 heteroatoms. The van der Waals surface area contributed by atoms with Crippen LogP contribution in [0.4, 0.5) is 19.0 Å². The second-order valence-electron chi connectivity index (χ2n) is 4.92. The molecule has 1 unspecified atom stereocenters. The fourth-order valence-corrected chi connectivity index (χ4v) is 2.13. The summed E-state index contributed by atoms with van der Waals surface area (Å²) in [5, 5.41) is 2.79. The number of halogens is 3. The van der Waals surface area contributed by atoms with Gasteiger partial charge in [-0.3, -0.25) is 0 Å². The van der Waals surface area contributed by atoms with E-state index in [0.717, 1.165) is 12.5 Å². The molecule has 2 nitrogen and oxygen atoms in total. The van der Waals surface area contributed by atoms with Crippen molar-refractivity contribution < 1.29 is 13.2 Å². The first-order chi connectivity index (χ1) is 9.98. The van der Waals surface area contributed by atoms with Gasteiger partial charge in [0, 0.05) is 12.7 Å². The van der Waals surface area contributed by atoms with Crippen molar-refractivity contribution >= 4 is 5.82 Å². The van der Waals surface area contributed by atoms with Gasteiger partial charge in [-0.1, -0.05) is 37.3 Å². The van der Waals surface area contributed by atoms with Crippen LogP contribution in [0.15, 0.2) is 48.7 Å². The fourth-order valence-electron chi connectivity index (χ4n) is 2.13. The van der Waals surface area contributed by atoms with Crippen molar-refractivity contribution in [1.82, 2.24) is 4.98 Å². The van der Waals surface area contributed by atoms with Crippen molar-refractivity contribution in [3.63, 3.8) is 0 Å². The normalized spacial score (nSPS) is 13.0. The number of pyridine rings is 1. The second-order valence-corrected chi connectivity index (χ2v) is 4.92. The van der Waals surface area contributed by atoms with Gasteiger partial charge >= 0.3 is 6.18 Å². The topological polar surface area (TPSA) is 24.9 Å². The van der Waals surface area contributed by atoms with E-state index in [1.165, 1.54) is 17.8 Å². The van der Waals surface area contributed by atoms with Crippen LogP contribution in [0, 0.1) is 0 Å². The summed E-state index contributed by atoms with van der Waals surface area (Å²) in [4.78, 5) is 3.78. The van der Waals surface area contributed by atoms with Gasteiger partial charge in [-0.15, -0.1) is 0 Å². The van der Waals surface area contributed by atoms with Gasteiger partial charge in [0.15, 0.2) is 0 Å². The minimum absolute atomic E-state index is 0.106. The first-order valence-corrected chi connectivity index (χ1v) is 6.79. The number of hydrogen-bond acceptors (Lipinski definition) is 2. The predicted molar refractivity (Wildman–Crippen MR) is 77.2 cm³/mol. The molecule has 1 aromatic heterocycles. The van der Waals surface area contributed by atoms with Crippen LogP contribution < -0.4 is 5.32 Å². The highest BCUT2D eigenvalue weighted by atomic mass is 19.4. The first-order valence-electron chi connectivity index (χ1n) is 6.79. The van der Waals surface area contributed by atoms with Crippen molar-refractivity contribution in [2.24, 2.45) is 0 Å². The Kier molecular flexibility index (Phi) is 4.83. The molecular formula is C16H17F3N2. The van der Waals surface area contributed by atoms with Crippen LogP contribution in [0.1, 0.15) is 30.4 Å². The summed E-state index contributed by atoms with van der Waals surface area (Å²) >= 11 is 0. The van der Waals surface area contributed by atoms with E-state index in [1.807, 2.05) is 30.3 Å². The Bertz CT molecular complexity index is 567. The van der Waals surface area contributed by atoms with Gasteiger partial charge < -0.3 is 5.32 Å². The fraction of sp³-hybridized carbons (Fsp3) is 0.312. The van der Waals surface area contributed by atoms with Crippen LogP contribution in [-0.4, -0.2) is 11.5 Å². The lowest BCUT2D eigenvalue weighted by atomic mass is 9.98. The summed E-state index contributed by atoms with van der Waals surface area (Å²) in [5.41, 5.74) is 0.453. The van der Waals surface area contributed by atoms with E-state index in [4.69, 9.17) is 0 Å². The van der Waals surface area contributed by atoms with Gasteiger partial charge in [-0.05, 0) is 30.0 Å². The molecule has 1 aromatic carbocycles. The monoisotopic (exact) mass is 294 g/mol. The van der Waals surface area contributed by atoms with Crippen molar-refractivity contribution in [2.75, 3.05) is 11.9 Å². The smallest absolute Gasteiger partial charge is 0.370 e. The average molecular weight is 294 g/mol. The third kappa shape index (κ3) is 4.21. The Labute approximate surface area is 122 Å². The predicted octanol–water partition coefficient (Wildman–Crippen LogP) is 4.71. The molecule has 0 spiro atoms. The number of benzene rings is 1. The lowest BCUT2D eigenvalue weighted by Crippen LogP contribution is -2.14. The molecule has 1 N–H and O–H groups in total. The highest BCUT2D eigenvalue weighted by Crippen LogP contribution is 2.33. The summed E-state index contributed by atoms with van der Waals surface area (Å²) in [6, 6.07) is 12.2. The van der Waals surface area contributed by atoms with E-state index in [9.17, 15) is 13.2 Å². The van der Waals surface area contributed by atoms with Gasteiger partial charge in [0.2, 0.25) is 0 Å². The van der Waals surface area contributed by atoms with Gasteiger partial charge in [0.05, 0.1) is 5.56 Å². The van der Waals surface area contributed by atoms with Gasteiger partial charge in [-0.2, -0.15) is 13.2 Å². The van der Waals surface area contributed by atoms with Crippen molar-refractivity contribution in [3.05, 3.63) is 59.8 Å². The minimum Gasteiger partial charge on any atom is -0.370 e. The van der Waals surface area contributed by atoms with Crippen molar-refractivity contribution in [3.8, 4) is 0 Å². The van der Waals surface area contributed by atoms with Crippen molar-refractivity contribution in [1.29, 1.82) is 0 Å². The number of rotatable bonds is 5. The van der Waals surface area contributed by atoms with Crippen molar-refractivity contribution in [2.45, 2.75) is 25.4 Å². The zero-order chi connectivity index (χ0) is 15.3. The maximum absolute atomic E-state index is 12.8. The van der Waals surface area contributed by atoms with Crippen LogP contribution in [0.5, 0.6) is 0 Å². The SMILES string of the molecule is CC(CCNc1ncccc1C(F)(F)F)c1ccccc1. The highest BCUT2D eigenvalue weighted by Gasteiger charge is 2.33. The first kappa shape index (κ1) is 15.4. The molecule has 0 bridgehead atoms. The number of nitrogens with one attached hydrogen (secondary N) is 1. The molecule has 0 aliphatic heterocycles. The molecule has 0 aliphatic carbocycles.